The van der Waals surface area contributed by atoms with E-state index in [1.807, 2.05) is 13.0 Å². The van der Waals surface area contributed by atoms with Crippen molar-refractivity contribution in [2.24, 2.45) is 5.10 Å². The summed E-state index contributed by atoms with van der Waals surface area (Å²) in [6.07, 6.45) is 1.53. The van der Waals surface area contributed by atoms with Crippen LogP contribution in [-0.4, -0.2) is 36.5 Å². The lowest BCUT2D eigenvalue weighted by atomic mass is 10.2. The van der Waals surface area contributed by atoms with Crippen molar-refractivity contribution in [3.8, 4) is 11.5 Å². The molecule has 1 aromatic heterocycles. The summed E-state index contributed by atoms with van der Waals surface area (Å²) < 4.78 is 11.4. The number of rotatable bonds is 5. The monoisotopic (exact) mass is 414 g/mol. The van der Waals surface area contributed by atoms with Crippen molar-refractivity contribution in [3.63, 3.8) is 0 Å². The van der Waals surface area contributed by atoms with Gasteiger partial charge in [-0.3, -0.25) is 9.89 Å². The smallest absolute Gasteiger partial charge is 0.291 e. The predicted octanol–water partition coefficient (Wildman–Crippen LogP) is 2.10. The molecule has 1 aromatic carbocycles. The van der Waals surface area contributed by atoms with E-state index in [1.54, 1.807) is 26.4 Å². The molecule has 0 fully saturated rings. The average molecular weight is 414 g/mol. The summed E-state index contributed by atoms with van der Waals surface area (Å²) in [6, 6.07) is 5.29. The van der Waals surface area contributed by atoms with Gasteiger partial charge in [-0.15, -0.1) is 0 Å². The third-order valence-electron chi connectivity index (χ3n) is 2.77. The van der Waals surface area contributed by atoms with Crippen molar-refractivity contribution in [3.05, 3.63) is 38.7 Å². The fraction of sp³-hybridized carbons (Fsp3) is 0.214. The van der Waals surface area contributed by atoms with E-state index in [9.17, 15) is 4.79 Å². The fourth-order valence-electron chi connectivity index (χ4n) is 1.77. The number of aromatic amines is 1. The van der Waals surface area contributed by atoms with E-state index in [-0.39, 0.29) is 11.6 Å². The molecule has 1 amide bonds. The van der Waals surface area contributed by atoms with E-state index in [0.29, 0.717) is 11.5 Å². The van der Waals surface area contributed by atoms with Crippen LogP contribution < -0.4 is 14.9 Å². The summed E-state index contributed by atoms with van der Waals surface area (Å²) in [5.41, 5.74) is 4.30. The summed E-state index contributed by atoms with van der Waals surface area (Å²) in [5, 5.41) is 10.5. The van der Waals surface area contributed by atoms with Crippen LogP contribution in [0.2, 0.25) is 0 Å². The highest BCUT2D eigenvalue weighted by Crippen LogP contribution is 2.32. The van der Waals surface area contributed by atoms with E-state index in [4.69, 9.17) is 9.47 Å². The van der Waals surface area contributed by atoms with Crippen LogP contribution in [0, 0.1) is 10.5 Å². The third-order valence-corrected chi connectivity index (χ3v) is 3.58. The van der Waals surface area contributed by atoms with Crippen LogP contribution in [0.3, 0.4) is 0 Å². The average Bonchev–Trinajstić information content (AvgIpc) is 2.93. The first kappa shape index (κ1) is 16.3. The van der Waals surface area contributed by atoms with Gasteiger partial charge >= 0.3 is 0 Å². The first-order valence-electron chi connectivity index (χ1n) is 6.32. The number of aryl methyl sites for hydroxylation is 1. The molecular formula is C14H15IN4O3. The topological polar surface area (TPSA) is 88.6 Å². The van der Waals surface area contributed by atoms with Crippen LogP contribution in [-0.2, 0) is 0 Å². The van der Waals surface area contributed by atoms with Gasteiger partial charge in [-0.05, 0) is 53.3 Å². The second kappa shape index (κ2) is 7.25. The predicted molar refractivity (Wildman–Crippen MR) is 90.6 cm³/mol. The van der Waals surface area contributed by atoms with Crippen molar-refractivity contribution in [2.45, 2.75) is 6.92 Å². The minimum absolute atomic E-state index is 0.288. The van der Waals surface area contributed by atoms with Gasteiger partial charge < -0.3 is 9.47 Å². The minimum atomic E-state index is -0.379. The van der Waals surface area contributed by atoms with Crippen LogP contribution in [0.25, 0.3) is 0 Å². The molecule has 0 aliphatic heterocycles. The number of benzene rings is 1. The van der Waals surface area contributed by atoms with Crippen LogP contribution >= 0.6 is 22.6 Å². The highest BCUT2D eigenvalue weighted by molar-refractivity contribution is 14.1. The zero-order chi connectivity index (χ0) is 16.1. The number of methoxy groups -OCH3 is 2. The fourth-order valence-corrected chi connectivity index (χ4v) is 2.62. The Kier molecular flexibility index (Phi) is 5.36. The summed E-state index contributed by atoms with van der Waals surface area (Å²) in [6.45, 7) is 1.82. The number of carbonyl (C=O) groups excluding carboxylic acids is 1. The minimum Gasteiger partial charge on any atom is -0.493 e. The zero-order valence-electron chi connectivity index (χ0n) is 12.3. The Hall–Kier alpha value is -2.10. The molecule has 0 radical (unpaired) electrons. The first-order valence-corrected chi connectivity index (χ1v) is 7.40. The quantitative estimate of drug-likeness (QED) is 0.446. The molecule has 2 N–H and O–H groups in total. The molecule has 0 saturated carbocycles. The molecule has 0 saturated heterocycles. The summed E-state index contributed by atoms with van der Waals surface area (Å²) in [5.74, 6) is 0.886. The second-order valence-electron chi connectivity index (χ2n) is 4.37. The van der Waals surface area contributed by atoms with Crippen molar-refractivity contribution in [1.29, 1.82) is 0 Å². The van der Waals surface area contributed by atoms with Gasteiger partial charge in [0, 0.05) is 5.69 Å². The van der Waals surface area contributed by atoms with Crippen LogP contribution in [0.1, 0.15) is 21.7 Å². The van der Waals surface area contributed by atoms with Crippen LogP contribution in [0.5, 0.6) is 11.5 Å². The molecule has 0 aliphatic carbocycles. The molecule has 0 bridgehead atoms. The van der Waals surface area contributed by atoms with Gasteiger partial charge in [-0.1, -0.05) is 0 Å². The second-order valence-corrected chi connectivity index (χ2v) is 5.54. The number of amides is 1. The molecular weight excluding hydrogens is 399 g/mol. The van der Waals surface area contributed by atoms with Gasteiger partial charge in [0.15, 0.2) is 17.2 Å². The van der Waals surface area contributed by atoms with E-state index in [1.165, 1.54) is 6.21 Å². The van der Waals surface area contributed by atoms with Crippen LogP contribution in [0.15, 0.2) is 23.3 Å². The van der Waals surface area contributed by atoms with Gasteiger partial charge in [-0.2, -0.15) is 10.2 Å². The zero-order valence-corrected chi connectivity index (χ0v) is 14.5. The molecule has 7 nitrogen and oxygen atoms in total. The Labute approximate surface area is 141 Å². The standard InChI is InChI=1S/C14H15IN4O3/c1-8-4-11(18-17-8)14(20)19-16-7-9-5-10(15)13(22-3)12(6-9)21-2/h4-7H,1-3H3,(H,17,18)(H,19,20)/b16-7-. The van der Waals surface area contributed by atoms with Gasteiger partial charge in [0.05, 0.1) is 24.0 Å². The maximum atomic E-state index is 11.8. The van der Waals surface area contributed by atoms with E-state index in [0.717, 1.165) is 14.8 Å². The van der Waals surface area contributed by atoms with Crippen molar-refractivity contribution in [1.82, 2.24) is 15.6 Å². The van der Waals surface area contributed by atoms with E-state index >= 15 is 0 Å². The molecule has 0 aliphatic rings. The highest BCUT2D eigenvalue weighted by atomic mass is 127. The first-order chi connectivity index (χ1) is 10.5. The molecule has 0 spiro atoms. The van der Waals surface area contributed by atoms with Crippen molar-refractivity contribution < 1.29 is 14.3 Å². The van der Waals surface area contributed by atoms with Gasteiger partial charge in [0.1, 0.15) is 0 Å². The Bertz CT molecular complexity index is 712. The number of carbonyl (C=O) groups is 1. The number of aromatic nitrogens is 2. The maximum absolute atomic E-state index is 11.8. The number of hydrazone groups is 1. The lowest BCUT2D eigenvalue weighted by molar-refractivity contribution is 0.0950. The number of H-pyrrole nitrogens is 1. The Morgan fingerprint density at radius 1 is 1.36 bits per heavy atom. The molecule has 8 heteroatoms. The number of hydrogen-bond acceptors (Lipinski definition) is 5. The lowest BCUT2D eigenvalue weighted by Crippen LogP contribution is -2.18. The highest BCUT2D eigenvalue weighted by Gasteiger charge is 2.10. The molecule has 0 unspecified atom stereocenters. The SMILES string of the molecule is COc1cc(/C=N\NC(=O)c2cc(C)[nH]n2)cc(I)c1OC. The Morgan fingerprint density at radius 2 is 2.14 bits per heavy atom. The molecule has 2 rings (SSSR count). The normalized spacial score (nSPS) is 10.7. The lowest BCUT2D eigenvalue weighted by Gasteiger charge is -2.10. The summed E-state index contributed by atoms with van der Waals surface area (Å²) >= 11 is 2.14. The largest absolute Gasteiger partial charge is 0.493 e. The molecule has 116 valence electrons. The number of ether oxygens (including phenoxy) is 2. The number of nitrogens with zero attached hydrogens (tertiary/aromatic N) is 2. The van der Waals surface area contributed by atoms with Gasteiger partial charge in [0.2, 0.25) is 0 Å². The Morgan fingerprint density at radius 3 is 2.73 bits per heavy atom. The van der Waals surface area contributed by atoms with Crippen molar-refractivity contribution >= 4 is 34.7 Å². The van der Waals surface area contributed by atoms with Crippen molar-refractivity contribution in [2.75, 3.05) is 14.2 Å². The van der Waals surface area contributed by atoms with E-state index in [2.05, 4.69) is 43.3 Å². The van der Waals surface area contributed by atoms with Gasteiger partial charge in [0.25, 0.3) is 5.91 Å². The molecule has 2 aromatic rings. The van der Waals surface area contributed by atoms with E-state index < -0.39 is 0 Å². The molecule has 1 heterocycles. The number of halogens is 1. The van der Waals surface area contributed by atoms with Gasteiger partial charge in [-0.25, -0.2) is 5.43 Å². The Balaban J connectivity index is 2.10. The third kappa shape index (κ3) is 3.75. The maximum Gasteiger partial charge on any atom is 0.291 e. The molecule has 0 atom stereocenters. The number of hydrogen-bond donors (Lipinski definition) is 2. The molecule has 22 heavy (non-hydrogen) atoms. The summed E-state index contributed by atoms with van der Waals surface area (Å²) in [4.78, 5) is 11.8. The summed E-state index contributed by atoms with van der Waals surface area (Å²) in [7, 11) is 3.15. The van der Waals surface area contributed by atoms with Crippen LogP contribution in [0.4, 0.5) is 0 Å². The number of nitrogens with one attached hydrogen (secondary N) is 2.